The fraction of sp³-hybridized carbons (Fsp3) is 0.300. The fourth-order valence-electron chi connectivity index (χ4n) is 2.19. The number of carbonyl (C=O) groups is 1. The molecule has 0 bridgehead atoms. The molecule has 0 aromatic heterocycles. The van der Waals surface area contributed by atoms with Crippen molar-refractivity contribution in [2.75, 3.05) is 13.7 Å². The van der Waals surface area contributed by atoms with E-state index in [4.69, 9.17) is 9.47 Å². The molecule has 0 atom stereocenters. The van der Waals surface area contributed by atoms with Gasteiger partial charge in [-0.1, -0.05) is 18.7 Å². The van der Waals surface area contributed by atoms with E-state index in [0.29, 0.717) is 30.1 Å². The molecule has 1 amide bonds. The Balaban J connectivity index is 3.35. The molecule has 132 valence electrons. The van der Waals surface area contributed by atoms with Crippen LogP contribution in [-0.2, 0) is 11.2 Å². The van der Waals surface area contributed by atoms with E-state index in [9.17, 15) is 10.1 Å². The van der Waals surface area contributed by atoms with Gasteiger partial charge in [-0.2, -0.15) is 5.26 Å². The lowest BCUT2D eigenvalue weighted by molar-refractivity contribution is -0.117. The number of hydrogen-bond donors (Lipinski definition) is 1. The largest absolute Gasteiger partial charge is 0.493 e. The maximum absolute atomic E-state index is 12.1. The zero-order chi connectivity index (χ0) is 18.8. The Kier molecular flexibility index (Phi) is 8.01. The minimum Gasteiger partial charge on any atom is -0.493 e. The van der Waals surface area contributed by atoms with Crippen LogP contribution < -0.4 is 14.8 Å². The molecule has 0 heterocycles. The number of nitriles is 1. The smallest absolute Gasteiger partial charge is 0.262 e. The second kappa shape index (κ2) is 9.99. The highest BCUT2D eigenvalue weighted by Gasteiger charge is 2.14. The molecular weight excluding hydrogens is 316 g/mol. The Labute approximate surface area is 149 Å². The highest BCUT2D eigenvalue weighted by molar-refractivity contribution is 6.01. The number of rotatable bonds is 9. The van der Waals surface area contributed by atoms with Crippen LogP contribution in [0, 0.1) is 11.3 Å². The Morgan fingerprint density at radius 2 is 2.08 bits per heavy atom. The topological polar surface area (TPSA) is 71.3 Å². The molecule has 0 fully saturated rings. The number of nitrogens with zero attached hydrogens (tertiary/aromatic N) is 1. The molecule has 1 rings (SSSR count). The molecule has 0 aliphatic rings. The molecule has 1 aromatic carbocycles. The van der Waals surface area contributed by atoms with Gasteiger partial charge in [0.1, 0.15) is 18.2 Å². The first kappa shape index (κ1) is 20.0. The van der Waals surface area contributed by atoms with Crippen molar-refractivity contribution < 1.29 is 14.3 Å². The summed E-state index contributed by atoms with van der Waals surface area (Å²) in [6.45, 7) is 11.4. The van der Waals surface area contributed by atoms with Gasteiger partial charge < -0.3 is 14.8 Å². The maximum Gasteiger partial charge on any atom is 0.262 e. The molecule has 0 saturated carbocycles. The lowest BCUT2D eigenvalue weighted by Gasteiger charge is -2.15. The molecule has 1 aromatic rings. The molecule has 25 heavy (non-hydrogen) atoms. The molecule has 0 aliphatic heterocycles. The van der Waals surface area contributed by atoms with Gasteiger partial charge in [-0.3, -0.25) is 4.79 Å². The van der Waals surface area contributed by atoms with Crippen molar-refractivity contribution in [2.45, 2.75) is 26.3 Å². The third kappa shape index (κ3) is 5.85. The average Bonchev–Trinajstić information content (AvgIpc) is 2.57. The van der Waals surface area contributed by atoms with Gasteiger partial charge in [0.2, 0.25) is 0 Å². The summed E-state index contributed by atoms with van der Waals surface area (Å²) < 4.78 is 11.1. The lowest BCUT2D eigenvalue weighted by Crippen LogP contribution is -2.30. The van der Waals surface area contributed by atoms with Crippen molar-refractivity contribution in [3.63, 3.8) is 0 Å². The standard InChI is InChI=1S/C20H24N2O3/c1-6-8-16-10-15(11-17(13-21)20(23)22-14(3)4)12-18(24-5)19(16)25-9-7-2/h6-7,10-12,14H,1-2,8-9H2,3-5H3,(H,22,23)/b17-11-. The Morgan fingerprint density at radius 1 is 1.36 bits per heavy atom. The normalized spacial score (nSPS) is 10.8. The van der Waals surface area contributed by atoms with Crippen LogP contribution >= 0.6 is 0 Å². The van der Waals surface area contributed by atoms with Crippen LogP contribution in [0.3, 0.4) is 0 Å². The zero-order valence-electron chi connectivity index (χ0n) is 15.0. The number of carbonyl (C=O) groups excluding carboxylic acids is 1. The van der Waals surface area contributed by atoms with E-state index >= 15 is 0 Å². The minimum atomic E-state index is -0.409. The number of hydrogen-bond acceptors (Lipinski definition) is 4. The summed E-state index contributed by atoms with van der Waals surface area (Å²) in [7, 11) is 1.54. The molecule has 0 spiro atoms. The van der Waals surface area contributed by atoms with Crippen LogP contribution in [-0.4, -0.2) is 25.7 Å². The predicted octanol–water partition coefficient (Wildman–Crippen LogP) is 3.42. The van der Waals surface area contributed by atoms with E-state index in [1.165, 1.54) is 13.2 Å². The highest BCUT2D eigenvalue weighted by Crippen LogP contribution is 2.34. The van der Waals surface area contributed by atoms with Crippen molar-refractivity contribution in [2.24, 2.45) is 0 Å². The summed E-state index contributed by atoms with van der Waals surface area (Å²) in [5.41, 5.74) is 1.55. The number of methoxy groups -OCH3 is 1. The first-order valence-corrected chi connectivity index (χ1v) is 7.94. The molecule has 0 aliphatic carbocycles. The van der Waals surface area contributed by atoms with Gasteiger partial charge in [0.25, 0.3) is 5.91 Å². The minimum absolute atomic E-state index is 0.0278. The van der Waals surface area contributed by atoms with E-state index in [0.717, 1.165) is 5.56 Å². The maximum atomic E-state index is 12.1. The van der Waals surface area contributed by atoms with E-state index in [2.05, 4.69) is 18.5 Å². The molecule has 1 N–H and O–H groups in total. The number of nitrogens with one attached hydrogen (secondary N) is 1. The summed E-state index contributed by atoms with van der Waals surface area (Å²) in [4.78, 5) is 12.1. The van der Waals surface area contributed by atoms with E-state index in [1.807, 2.05) is 26.0 Å². The SMILES string of the molecule is C=CCOc1c(CC=C)cc(/C=C(/C#N)C(=O)NC(C)C)cc1OC. The number of ether oxygens (including phenoxy) is 2. The first-order valence-electron chi connectivity index (χ1n) is 7.94. The van der Waals surface area contributed by atoms with Crippen molar-refractivity contribution in [3.05, 3.63) is 54.1 Å². The van der Waals surface area contributed by atoms with Gasteiger partial charge in [-0.05, 0) is 44.0 Å². The molecular formula is C20H24N2O3. The first-order chi connectivity index (χ1) is 12.0. The molecule has 0 saturated heterocycles. The molecule has 5 nitrogen and oxygen atoms in total. The van der Waals surface area contributed by atoms with E-state index in [-0.39, 0.29) is 11.6 Å². The number of amides is 1. The molecule has 0 radical (unpaired) electrons. The van der Waals surface area contributed by atoms with Crippen molar-refractivity contribution in [1.29, 1.82) is 5.26 Å². The van der Waals surface area contributed by atoms with Crippen molar-refractivity contribution in [1.82, 2.24) is 5.32 Å². The average molecular weight is 340 g/mol. The molecule has 5 heteroatoms. The predicted molar refractivity (Wildman–Crippen MR) is 99.5 cm³/mol. The highest BCUT2D eigenvalue weighted by atomic mass is 16.5. The van der Waals surface area contributed by atoms with Crippen LogP contribution in [0.15, 0.2) is 43.0 Å². The summed E-state index contributed by atoms with van der Waals surface area (Å²) in [6, 6.07) is 5.46. The second-order valence-electron chi connectivity index (χ2n) is 5.60. The quantitative estimate of drug-likeness (QED) is 0.425. The summed E-state index contributed by atoms with van der Waals surface area (Å²) in [5, 5.41) is 12.0. The zero-order valence-corrected chi connectivity index (χ0v) is 15.0. The summed E-state index contributed by atoms with van der Waals surface area (Å²) >= 11 is 0. The van der Waals surface area contributed by atoms with Crippen LogP contribution in [0.25, 0.3) is 6.08 Å². The van der Waals surface area contributed by atoms with Gasteiger partial charge in [-0.15, -0.1) is 6.58 Å². The summed E-state index contributed by atoms with van der Waals surface area (Å²) in [5.74, 6) is 0.715. The fourth-order valence-corrected chi connectivity index (χ4v) is 2.19. The third-order valence-electron chi connectivity index (χ3n) is 3.18. The van der Waals surface area contributed by atoms with E-state index in [1.54, 1.807) is 18.2 Å². The number of benzene rings is 1. The Morgan fingerprint density at radius 3 is 2.60 bits per heavy atom. The van der Waals surface area contributed by atoms with Gasteiger partial charge >= 0.3 is 0 Å². The van der Waals surface area contributed by atoms with Crippen molar-refractivity contribution in [3.8, 4) is 17.6 Å². The Hall–Kier alpha value is -3.00. The molecule has 0 unspecified atom stereocenters. The summed E-state index contributed by atoms with van der Waals surface area (Å²) in [6.07, 6.45) is 5.49. The number of allylic oxidation sites excluding steroid dienone is 1. The monoisotopic (exact) mass is 340 g/mol. The van der Waals surface area contributed by atoms with Gasteiger partial charge in [-0.25, -0.2) is 0 Å². The van der Waals surface area contributed by atoms with Crippen LogP contribution in [0.4, 0.5) is 0 Å². The Bertz CT molecular complexity index is 712. The van der Waals surface area contributed by atoms with Gasteiger partial charge in [0.05, 0.1) is 7.11 Å². The third-order valence-corrected chi connectivity index (χ3v) is 3.18. The van der Waals surface area contributed by atoms with Gasteiger partial charge in [0, 0.05) is 11.6 Å². The lowest BCUT2D eigenvalue weighted by atomic mass is 10.0. The van der Waals surface area contributed by atoms with Crippen LogP contribution in [0.2, 0.25) is 0 Å². The van der Waals surface area contributed by atoms with Crippen LogP contribution in [0.1, 0.15) is 25.0 Å². The van der Waals surface area contributed by atoms with E-state index < -0.39 is 5.91 Å². The van der Waals surface area contributed by atoms with Crippen molar-refractivity contribution >= 4 is 12.0 Å². The van der Waals surface area contributed by atoms with Gasteiger partial charge in [0.15, 0.2) is 11.5 Å². The van der Waals surface area contributed by atoms with Crippen LogP contribution in [0.5, 0.6) is 11.5 Å². The second-order valence-corrected chi connectivity index (χ2v) is 5.60.